The third-order valence-corrected chi connectivity index (χ3v) is 5.74. The van der Waals surface area contributed by atoms with Crippen molar-refractivity contribution in [3.63, 3.8) is 0 Å². The van der Waals surface area contributed by atoms with Gasteiger partial charge < -0.3 is 14.5 Å². The Balaban J connectivity index is 2.07. The van der Waals surface area contributed by atoms with Crippen molar-refractivity contribution >= 4 is 22.1 Å². The summed E-state index contributed by atoms with van der Waals surface area (Å²) >= 11 is 0. The average molecular weight is 401 g/mol. The number of hydrogen-bond acceptors (Lipinski definition) is 6. The number of nitrogens with zero attached hydrogens (tertiary/aromatic N) is 5. The first-order valence-electron chi connectivity index (χ1n) is 8.60. The van der Waals surface area contributed by atoms with Gasteiger partial charge in [0.2, 0.25) is 0 Å². The van der Waals surface area contributed by atoms with E-state index in [1.54, 1.807) is 30.6 Å². The lowest BCUT2D eigenvalue weighted by atomic mass is 10.2. The molecule has 0 saturated carbocycles. The lowest BCUT2D eigenvalue weighted by molar-refractivity contribution is 0.0104. The lowest BCUT2D eigenvalue weighted by Gasteiger charge is -2.39. The summed E-state index contributed by atoms with van der Waals surface area (Å²) < 4.78 is 31.6. The highest BCUT2D eigenvalue weighted by molar-refractivity contribution is 7.89. The van der Waals surface area contributed by atoms with Gasteiger partial charge in [0.25, 0.3) is 10.0 Å². The third-order valence-electron chi connectivity index (χ3n) is 4.03. The normalized spacial score (nSPS) is 18.7. The van der Waals surface area contributed by atoms with Crippen LogP contribution in [0.2, 0.25) is 0 Å². The summed E-state index contributed by atoms with van der Waals surface area (Å²) in [4.78, 5) is 28.0. The van der Waals surface area contributed by atoms with Crippen LogP contribution in [0.25, 0.3) is 0 Å². The molecular formula is C16H27N5O5S. The van der Waals surface area contributed by atoms with Gasteiger partial charge in [0.1, 0.15) is 5.60 Å². The second-order valence-corrected chi connectivity index (χ2v) is 9.74. The molecule has 0 radical (unpaired) electrons. The van der Waals surface area contributed by atoms with Gasteiger partial charge in [-0.05, 0) is 33.8 Å². The van der Waals surface area contributed by atoms with Crippen LogP contribution in [0.5, 0.6) is 0 Å². The molecular weight excluding hydrogens is 374 g/mol. The average Bonchev–Trinajstić information content (AvgIpc) is 3.03. The Bertz CT molecular complexity index is 811. The van der Waals surface area contributed by atoms with Gasteiger partial charge >= 0.3 is 12.1 Å². The molecule has 0 spiro atoms. The monoisotopic (exact) mass is 401 g/mol. The van der Waals surface area contributed by atoms with Crippen molar-refractivity contribution in [2.75, 3.05) is 33.7 Å². The molecule has 1 aromatic rings. The smallest absolute Gasteiger partial charge is 0.410 e. The Kier molecular flexibility index (Phi) is 5.85. The maximum absolute atomic E-state index is 12.7. The molecule has 1 aliphatic heterocycles. The van der Waals surface area contributed by atoms with Crippen LogP contribution in [0.3, 0.4) is 0 Å². The number of amides is 2. The minimum absolute atomic E-state index is 0.194. The minimum atomic E-state index is -3.71. The number of sulfonamides is 1. The molecule has 10 nitrogen and oxygen atoms in total. The fourth-order valence-corrected chi connectivity index (χ4v) is 3.40. The van der Waals surface area contributed by atoms with Crippen LogP contribution in [0.4, 0.5) is 9.59 Å². The molecule has 0 unspecified atom stereocenters. The van der Waals surface area contributed by atoms with Crippen LogP contribution in [0.15, 0.2) is 17.3 Å². The fourth-order valence-electron chi connectivity index (χ4n) is 2.60. The number of piperazine rings is 1. The van der Waals surface area contributed by atoms with Gasteiger partial charge in [-0.25, -0.2) is 22.3 Å². The Morgan fingerprint density at radius 2 is 1.89 bits per heavy atom. The SMILES string of the molecule is C[C@H]1CN(C(=O)OC(C)(C)C)CCN1C(=O)n1ccc(S(=O)(=O)N(C)C)n1. The van der Waals surface area contributed by atoms with Crippen LogP contribution >= 0.6 is 0 Å². The van der Waals surface area contributed by atoms with Crippen molar-refractivity contribution in [3.05, 3.63) is 12.3 Å². The number of ether oxygens (including phenoxy) is 1. The predicted molar refractivity (Wildman–Crippen MR) is 97.9 cm³/mol. The summed E-state index contributed by atoms with van der Waals surface area (Å²) in [6.45, 7) is 8.16. The van der Waals surface area contributed by atoms with Crippen molar-refractivity contribution in [1.29, 1.82) is 0 Å². The Morgan fingerprint density at radius 1 is 1.26 bits per heavy atom. The third kappa shape index (κ3) is 4.78. The Labute approximate surface area is 159 Å². The van der Waals surface area contributed by atoms with E-state index in [9.17, 15) is 18.0 Å². The van der Waals surface area contributed by atoms with Gasteiger partial charge in [-0.15, -0.1) is 0 Å². The zero-order valence-corrected chi connectivity index (χ0v) is 17.4. The van der Waals surface area contributed by atoms with Gasteiger partial charge in [0, 0.05) is 46.0 Å². The maximum atomic E-state index is 12.7. The van der Waals surface area contributed by atoms with E-state index in [1.807, 2.05) is 6.92 Å². The summed E-state index contributed by atoms with van der Waals surface area (Å²) in [5.41, 5.74) is -0.587. The molecule has 2 heterocycles. The van der Waals surface area contributed by atoms with Crippen LogP contribution in [-0.2, 0) is 14.8 Å². The van der Waals surface area contributed by atoms with Crippen molar-refractivity contribution < 1.29 is 22.7 Å². The highest BCUT2D eigenvalue weighted by Crippen LogP contribution is 2.16. The zero-order valence-electron chi connectivity index (χ0n) is 16.5. The lowest BCUT2D eigenvalue weighted by Crippen LogP contribution is -2.57. The molecule has 0 N–H and O–H groups in total. The van der Waals surface area contributed by atoms with Crippen molar-refractivity contribution in [1.82, 2.24) is 23.9 Å². The maximum Gasteiger partial charge on any atom is 0.410 e. The minimum Gasteiger partial charge on any atom is -0.444 e. The van der Waals surface area contributed by atoms with Gasteiger partial charge in [-0.1, -0.05) is 0 Å². The van der Waals surface area contributed by atoms with Crippen LogP contribution in [0, 0.1) is 0 Å². The van der Waals surface area contributed by atoms with Gasteiger partial charge in [0.05, 0.1) is 0 Å². The quantitative estimate of drug-likeness (QED) is 0.733. The van der Waals surface area contributed by atoms with Gasteiger partial charge in [-0.3, -0.25) is 0 Å². The molecule has 2 rings (SSSR count). The summed E-state index contributed by atoms with van der Waals surface area (Å²) in [6, 6.07) is 0.581. The molecule has 11 heteroatoms. The van der Waals surface area contributed by atoms with Gasteiger partial charge in [0.15, 0.2) is 5.03 Å². The van der Waals surface area contributed by atoms with E-state index >= 15 is 0 Å². The molecule has 1 saturated heterocycles. The molecule has 0 aromatic carbocycles. The van der Waals surface area contributed by atoms with Crippen molar-refractivity contribution in [2.45, 2.75) is 44.4 Å². The fraction of sp³-hybridized carbons (Fsp3) is 0.688. The molecule has 1 aromatic heterocycles. The molecule has 1 fully saturated rings. The first-order valence-corrected chi connectivity index (χ1v) is 10.0. The largest absolute Gasteiger partial charge is 0.444 e. The number of carbonyl (C=O) groups excluding carboxylic acids is 2. The van der Waals surface area contributed by atoms with Crippen LogP contribution in [0.1, 0.15) is 27.7 Å². The number of hydrogen-bond donors (Lipinski definition) is 0. The first kappa shape index (κ1) is 21.2. The molecule has 152 valence electrons. The number of carbonyl (C=O) groups is 2. The Morgan fingerprint density at radius 3 is 2.41 bits per heavy atom. The van der Waals surface area contributed by atoms with E-state index in [0.717, 1.165) is 8.99 Å². The Hall–Kier alpha value is -2.14. The highest BCUT2D eigenvalue weighted by atomic mass is 32.2. The standard InChI is InChI=1S/C16H27N5O5S/c1-12-11-19(15(23)26-16(2,3)4)9-10-20(12)14(22)21-8-7-13(17-21)27(24,25)18(5)6/h7-8,12H,9-11H2,1-6H3/t12-/m0/s1. The van der Waals surface area contributed by atoms with E-state index in [1.165, 1.54) is 26.4 Å². The second kappa shape index (κ2) is 7.47. The van der Waals surface area contributed by atoms with E-state index in [-0.39, 0.29) is 11.1 Å². The molecule has 1 aliphatic rings. The summed E-state index contributed by atoms with van der Waals surface area (Å²) in [5, 5.41) is 3.71. The number of aromatic nitrogens is 2. The van der Waals surface area contributed by atoms with Crippen molar-refractivity contribution in [2.24, 2.45) is 0 Å². The first-order chi connectivity index (χ1) is 12.3. The van der Waals surface area contributed by atoms with E-state index in [2.05, 4.69) is 5.10 Å². The summed E-state index contributed by atoms with van der Waals surface area (Å²) in [6.07, 6.45) is 0.908. The molecule has 1 atom stereocenters. The molecule has 0 bridgehead atoms. The molecule has 27 heavy (non-hydrogen) atoms. The van der Waals surface area contributed by atoms with Gasteiger partial charge in [-0.2, -0.15) is 9.78 Å². The molecule has 0 aliphatic carbocycles. The van der Waals surface area contributed by atoms with E-state index < -0.39 is 27.7 Å². The van der Waals surface area contributed by atoms with Crippen LogP contribution < -0.4 is 0 Å². The second-order valence-electron chi connectivity index (χ2n) is 7.64. The predicted octanol–water partition coefficient (Wildman–Crippen LogP) is 1.04. The van der Waals surface area contributed by atoms with E-state index in [4.69, 9.17) is 4.74 Å². The van der Waals surface area contributed by atoms with E-state index in [0.29, 0.717) is 19.6 Å². The summed E-state index contributed by atoms with van der Waals surface area (Å²) in [5.74, 6) is 0. The topological polar surface area (TPSA) is 105 Å². The van der Waals surface area contributed by atoms with Crippen molar-refractivity contribution in [3.8, 4) is 0 Å². The summed E-state index contributed by atoms with van der Waals surface area (Å²) in [7, 11) is -0.916. The number of rotatable bonds is 2. The zero-order chi connectivity index (χ0) is 20.6. The molecule has 2 amide bonds. The highest BCUT2D eigenvalue weighted by Gasteiger charge is 2.33. The van der Waals surface area contributed by atoms with Crippen LogP contribution in [-0.4, -0.2) is 89.8 Å².